The largest absolute Gasteiger partial charge is 0.341 e. The topological polar surface area (TPSA) is 44.4 Å². The molecular weight excluding hydrogens is 190 g/mol. The van der Waals surface area contributed by atoms with Crippen molar-refractivity contribution in [1.82, 2.24) is 15.5 Å². The van der Waals surface area contributed by atoms with Crippen molar-refractivity contribution in [3.63, 3.8) is 0 Å². The number of hydrogen-bond acceptors (Lipinski definition) is 2. The summed E-state index contributed by atoms with van der Waals surface area (Å²) in [6, 6.07) is -0.157. The smallest absolute Gasteiger partial charge is 0.314 e. The lowest BCUT2D eigenvalue weighted by Crippen LogP contribution is -2.28. The Morgan fingerprint density at radius 2 is 1.40 bits per heavy atom. The Hall–Kier alpha value is -0.770. The molecule has 0 atom stereocenters. The second-order valence-corrected chi connectivity index (χ2v) is 3.26. The molecule has 0 rings (SSSR count). The summed E-state index contributed by atoms with van der Waals surface area (Å²) < 4.78 is 0. The lowest BCUT2D eigenvalue weighted by Gasteiger charge is -2.17. The van der Waals surface area contributed by atoms with Gasteiger partial charge in [-0.15, -0.1) is 0 Å². The van der Waals surface area contributed by atoms with Gasteiger partial charge in [-0.1, -0.05) is 20.8 Å². The summed E-state index contributed by atoms with van der Waals surface area (Å²) in [4.78, 5) is 12.4. The van der Waals surface area contributed by atoms with Crippen LogP contribution in [-0.2, 0) is 0 Å². The third kappa shape index (κ3) is 13.2. The fourth-order valence-corrected chi connectivity index (χ4v) is 1.19. The van der Waals surface area contributed by atoms with Gasteiger partial charge in [0.15, 0.2) is 0 Å². The molecule has 0 aromatic carbocycles. The summed E-state index contributed by atoms with van der Waals surface area (Å²) in [5, 5.41) is 4.73. The van der Waals surface area contributed by atoms with Gasteiger partial charge in [0.25, 0.3) is 0 Å². The molecule has 0 aliphatic heterocycles. The Morgan fingerprint density at radius 3 is 1.53 bits per heavy atom. The second kappa shape index (κ2) is 13.2. The third-order valence-corrected chi connectivity index (χ3v) is 1.98. The predicted octanol–water partition coefficient (Wildman–Crippen LogP) is 1.67. The minimum Gasteiger partial charge on any atom is -0.341 e. The third-order valence-electron chi connectivity index (χ3n) is 1.98. The number of amides is 2. The fraction of sp³-hybridized carbons (Fsp3) is 0.909. The molecule has 0 heterocycles. The predicted molar refractivity (Wildman–Crippen MR) is 66.2 cm³/mol. The molecule has 0 aliphatic carbocycles. The first-order chi connectivity index (χ1) is 7.15. The summed E-state index contributed by atoms with van der Waals surface area (Å²) in [5.41, 5.74) is 0. The summed E-state index contributed by atoms with van der Waals surface area (Å²) in [5.74, 6) is 0. The van der Waals surface area contributed by atoms with E-state index in [1.807, 2.05) is 0 Å². The van der Waals surface area contributed by atoms with Crippen molar-refractivity contribution < 1.29 is 4.79 Å². The van der Waals surface area contributed by atoms with Crippen molar-refractivity contribution in [3.05, 3.63) is 0 Å². The van der Waals surface area contributed by atoms with E-state index in [1.54, 1.807) is 14.1 Å². The quantitative estimate of drug-likeness (QED) is 0.736. The van der Waals surface area contributed by atoms with E-state index in [9.17, 15) is 4.79 Å². The molecular formula is C11H27N3O. The van der Waals surface area contributed by atoms with Crippen LogP contribution in [0.2, 0.25) is 0 Å². The number of hydrogen-bond donors (Lipinski definition) is 2. The van der Waals surface area contributed by atoms with Gasteiger partial charge in [-0.05, 0) is 32.5 Å². The summed E-state index contributed by atoms with van der Waals surface area (Å²) in [7, 11) is 3.14. The van der Waals surface area contributed by atoms with Gasteiger partial charge < -0.3 is 15.5 Å². The Morgan fingerprint density at radius 1 is 1.00 bits per heavy atom. The van der Waals surface area contributed by atoms with E-state index in [1.165, 1.54) is 32.5 Å². The van der Waals surface area contributed by atoms with Crippen molar-refractivity contribution in [1.29, 1.82) is 0 Å². The second-order valence-electron chi connectivity index (χ2n) is 3.26. The molecule has 2 amide bonds. The molecule has 92 valence electrons. The zero-order chi connectivity index (χ0) is 12.1. The van der Waals surface area contributed by atoms with Crippen LogP contribution < -0.4 is 10.6 Å². The number of rotatable bonds is 5. The van der Waals surface area contributed by atoms with Crippen LogP contribution in [0.15, 0.2) is 0 Å². The number of nitrogens with one attached hydrogen (secondary N) is 2. The number of urea groups is 1. The van der Waals surface area contributed by atoms with Crippen LogP contribution in [0.4, 0.5) is 4.79 Å². The first-order valence-corrected chi connectivity index (χ1v) is 5.77. The van der Waals surface area contributed by atoms with Crippen molar-refractivity contribution in [2.45, 2.75) is 33.6 Å². The molecule has 15 heavy (non-hydrogen) atoms. The van der Waals surface area contributed by atoms with Gasteiger partial charge in [-0.3, -0.25) is 0 Å². The molecule has 4 heteroatoms. The fourth-order valence-electron chi connectivity index (χ4n) is 1.19. The first-order valence-electron chi connectivity index (χ1n) is 5.77. The molecule has 0 aliphatic rings. The van der Waals surface area contributed by atoms with Gasteiger partial charge in [-0.25, -0.2) is 4.79 Å². The van der Waals surface area contributed by atoms with Crippen molar-refractivity contribution >= 4 is 6.03 Å². The molecule has 0 fully saturated rings. The Labute approximate surface area is 94.4 Å². The molecule has 0 aromatic rings. The van der Waals surface area contributed by atoms with Crippen LogP contribution >= 0.6 is 0 Å². The summed E-state index contributed by atoms with van der Waals surface area (Å²) >= 11 is 0. The zero-order valence-electron chi connectivity index (χ0n) is 10.9. The number of carbonyl (C=O) groups excluding carboxylic acids is 1. The molecule has 2 N–H and O–H groups in total. The Kier molecular flexibility index (Phi) is 14.7. The maximum Gasteiger partial charge on any atom is 0.314 e. The molecule has 0 saturated carbocycles. The maximum absolute atomic E-state index is 9.96. The van der Waals surface area contributed by atoms with Gasteiger partial charge in [0.1, 0.15) is 0 Å². The van der Waals surface area contributed by atoms with Crippen LogP contribution in [0, 0.1) is 0 Å². The average molecular weight is 217 g/mol. The van der Waals surface area contributed by atoms with Gasteiger partial charge in [0.05, 0.1) is 0 Å². The molecule has 0 saturated heterocycles. The van der Waals surface area contributed by atoms with E-state index in [2.05, 4.69) is 36.3 Å². The summed E-state index contributed by atoms with van der Waals surface area (Å²) in [6.07, 6.45) is 2.57. The SMILES string of the molecule is CCCN(CC)CCC.CNC(=O)NC. The molecule has 0 bridgehead atoms. The van der Waals surface area contributed by atoms with Crippen LogP contribution in [0.3, 0.4) is 0 Å². The number of carbonyl (C=O) groups is 1. The summed E-state index contributed by atoms with van der Waals surface area (Å²) in [6.45, 7) is 10.4. The molecule has 4 nitrogen and oxygen atoms in total. The lowest BCUT2D eigenvalue weighted by molar-refractivity contribution is 0.245. The van der Waals surface area contributed by atoms with E-state index >= 15 is 0 Å². The average Bonchev–Trinajstić information content (AvgIpc) is 2.28. The normalized spacial score (nSPS) is 9.20. The minimum absolute atomic E-state index is 0.157. The zero-order valence-corrected chi connectivity index (χ0v) is 10.9. The Balaban J connectivity index is 0. The van der Waals surface area contributed by atoms with E-state index in [-0.39, 0.29) is 6.03 Å². The monoisotopic (exact) mass is 217 g/mol. The van der Waals surface area contributed by atoms with Gasteiger partial charge in [-0.2, -0.15) is 0 Å². The molecule has 0 spiro atoms. The van der Waals surface area contributed by atoms with Crippen LogP contribution in [-0.4, -0.2) is 44.7 Å². The highest BCUT2D eigenvalue weighted by Gasteiger charge is 1.95. The first kappa shape index (κ1) is 16.7. The molecule has 0 aromatic heterocycles. The molecule has 0 radical (unpaired) electrons. The van der Waals surface area contributed by atoms with Gasteiger partial charge in [0.2, 0.25) is 0 Å². The molecule has 0 unspecified atom stereocenters. The van der Waals surface area contributed by atoms with Crippen LogP contribution in [0.1, 0.15) is 33.6 Å². The lowest BCUT2D eigenvalue weighted by atomic mass is 10.3. The maximum atomic E-state index is 9.96. The van der Waals surface area contributed by atoms with Gasteiger partial charge in [0, 0.05) is 14.1 Å². The highest BCUT2D eigenvalue weighted by atomic mass is 16.2. The highest BCUT2D eigenvalue weighted by Crippen LogP contribution is 1.91. The number of nitrogens with zero attached hydrogens (tertiary/aromatic N) is 1. The standard InChI is InChI=1S/C8H19N.C3H8N2O/c1-4-7-9(6-3)8-5-2;1-4-3(6)5-2/h4-8H2,1-3H3;1-2H3,(H2,4,5,6). The van der Waals surface area contributed by atoms with Gasteiger partial charge >= 0.3 is 6.03 Å². The van der Waals surface area contributed by atoms with E-state index in [0.29, 0.717) is 0 Å². The van der Waals surface area contributed by atoms with E-state index < -0.39 is 0 Å². The van der Waals surface area contributed by atoms with E-state index in [4.69, 9.17) is 0 Å². The van der Waals surface area contributed by atoms with Crippen LogP contribution in [0.25, 0.3) is 0 Å². The van der Waals surface area contributed by atoms with Crippen molar-refractivity contribution in [2.24, 2.45) is 0 Å². The highest BCUT2D eigenvalue weighted by molar-refractivity contribution is 5.72. The Bertz CT molecular complexity index is 128. The van der Waals surface area contributed by atoms with Crippen molar-refractivity contribution in [2.75, 3.05) is 33.7 Å². The minimum atomic E-state index is -0.157. The van der Waals surface area contributed by atoms with E-state index in [0.717, 1.165) is 0 Å². The van der Waals surface area contributed by atoms with Crippen LogP contribution in [0.5, 0.6) is 0 Å². The van der Waals surface area contributed by atoms with Crippen molar-refractivity contribution in [3.8, 4) is 0 Å².